The lowest BCUT2D eigenvalue weighted by Crippen LogP contribution is -2.24. The number of allylic oxidation sites excluding steroid dienone is 1. The Bertz CT molecular complexity index is 382. The van der Waals surface area contributed by atoms with Crippen LogP contribution in [0.2, 0.25) is 0 Å². The van der Waals surface area contributed by atoms with E-state index in [0.29, 0.717) is 6.54 Å². The second-order valence-electron chi connectivity index (χ2n) is 3.39. The summed E-state index contributed by atoms with van der Waals surface area (Å²) in [6, 6.07) is 3.80. The van der Waals surface area contributed by atoms with E-state index in [4.69, 9.17) is 5.73 Å². The molecule has 3 nitrogen and oxygen atoms in total. The van der Waals surface area contributed by atoms with Gasteiger partial charge in [-0.15, -0.1) is 0 Å². The Hall–Kier alpha value is -1.84. The lowest BCUT2D eigenvalue weighted by molar-refractivity contribution is 0.0954. The molecule has 0 spiro atoms. The van der Waals surface area contributed by atoms with E-state index < -0.39 is 5.82 Å². The van der Waals surface area contributed by atoms with Gasteiger partial charge in [-0.3, -0.25) is 4.79 Å². The van der Waals surface area contributed by atoms with E-state index in [-0.39, 0.29) is 17.2 Å². The fourth-order valence-electron chi connectivity index (χ4n) is 1.28. The van der Waals surface area contributed by atoms with E-state index in [1.54, 1.807) is 0 Å². The largest absolute Gasteiger partial charge is 0.399 e. The van der Waals surface area contributed by atoms with Crippen molar-refractivity contribution in [1.29, 1.82) is 0 Å². The SMILES string of the molecule is C/C=C/CCNC(=O)c1cc(N)cc(F)c1. The first-order valence-corrected chi connectivity index (χ1v) is 5.09. The van der Waals surface area contributed by atoms with Gasteiger partial charge in [0.05, 0.1) is 0 Å². The van der Waals surface area contributed by atoms with Crippen LogP contribution in [0.5, 0.6) is 0 Å². The fraction of sp³-hybridized carbons (Fsp3) is 0.250. The van der Waals surface area contributed by atoms with Crippen molar-refractivity contribution in [2.75, 3.05) is 12.3 Å². The molecule has 1 amide bonds. The summed E-state index contributed by atoms with van der Waals surface area (Å²) >= 11 is 0. The molecular weight excluding hydrogens is 207 g/mol. The van der Waals surface area contributed by atoms with Crippen LogP contribution in [0.3, 0.4) is 0 Å². The molecule has 0 aliphatic heterocycles. The van der Waals surface area contributed by atoms with Crippen LogP contribution in [-0.2, 0) is 0 Å². The highest BCUT2D eigenvalue weighted by Crippen LogP contribution is 2.10. The van der Waals surface area contributed by atoms with Crippen LogP contribution in [0.4, 0.5) is 10.1 Å². The molecule has 1 rings (SSSR count). The van der Waals surface area contributed by atoms with Crippen LogP contribution >= 0.6 is 0 Å². The lowest BCUT2D eigenvalue weighted by Gasteiger charge is -2.04. The summed E-state index contributed by atoms with van der Waals surface area (Å²) in [4.78, 5) is 11.6. The normalized spacial score (nSPS) is 10.6. The van der Waals surface area contributed by atoms with Gasteiger partial charge in [-0.2, -0.15) is 0 Å². The van der Waals surface area contributed by atoms with E-state index in [2.05, 4.69) is 5.32 Å². The first kappa shape index (κ1) is 12.2. The lowest BCUT2D eigenvalue weighted by atomic mass is 10.2. The van der Waals surface area contributed by atoms with Gasteiger partial charge in [-0.25, -0.2) is 4.39 Å². The number of halogens is 1. The molecule has 0 aromatic heterocycles. The zero-order valence-corrected chi connectivity index (χ0v) is 9.16. The maximum absolute atomic E-state index is 13.0. The number of rotatable bonds is 4. The second-order valence-corrected chi connectivity index (χ2v) is 3.39. The van der Waals surface area contributed by atoms with Crippen molar-refractivity contribution in [2.24, 2.45) is 0 Å². The van der Waals surface area contributed by atoms with Crippen molar-refractivity contribution in [1.82, 2.24) is 5.32 Å². The highest BCUT2D eigenvalue weighted by atomic mass is 19.1. The van der Waals surface area contributed by atoms with Gasteiger partial charge in [-0.1, -0.05) is 12.2 Å². The zero-order valence-electron chi connectivity index (χ0n) is 9.16. The number of nitrogens with two attached hydrogens (primary N) is 1. The number of anilines is 1. The van der Waals surface area contributed by atoms with Crippen molar-refractivity contribution >= 4 is 11.6 Å². The molecule has 0 unspecified atom stereocenters. The molecule has 0 saturated heterocycles. The van der Waals surface area contributed by atoms with Gasteiger partial charge in [0.2, 0.25) is 0 Å². The molecule has 4 heteroatoms. The average Bonchev–Trinajstić information content (AvgIpc) is 2.22. The molecule has 86 valence electrons. The van der Waals surface area contributed by atoms with Crippen molar-refractivity contribution in [3.63, 3.8) is 0 Å². The maximum Gasteiger partial charge on any atom is 0.251 e. The first-order chi connectivity index (χ1) is 7.63. The van der Waals surface area contributed by atoms with Gasteiger partial charge in [0.25, 0.3) is 5.91 Å². The number of nitrogens with one attached hydrogen (secondary N) is 1. The van der Waals surface area contributed by atoms with E-state index in [1.807, 2.05) is 19.1 Å². The molecule has 1 aromatic carbocycles. The van der Waals surface area contributed by atoms with Crippen LogP contribution in [0.1, 0.15) is 23.7 Å². The Morgan fingerprint density at radius 3 is 2.88 bits per heavy atom. The molecule has 0 fully saturated rings. The Kier molecular flexibility index (Phi) is 4.51. The summed E-state index contributed by atoms with van der Waals surface area (Å²) < 4.78 is 13.0. The van der Waals surface area contributed by atoms with E-state index >= 15 is 0 Å². The molecule has 1 aromatic rings. The molecule has 0 aliphatic carbocycles. The molecule has 3 N–H and O–H groups in total. The fourth-order valence-corrected chi connectivity index (χ4v) is 1.28. The van der Waals surface area contributed by atoms with Crippen LogP contribution in [0, 0.1) is 5.82 Å². The molecule has 0 radical (unpaired) electrons. The topological polar surface area (TPSA) is 55.1 Å². The van der Waals surface area contributed by atoms with Gasteiger partial charge in [0.1, 0.15) is 5.82 Å². The molecule has 0 saturated carbocycles. The summed E-state index contributed by atoms with van der Waals surface area (Å²) in [6.07, 6.45) is 4.61. The molecular formula is C12H15FN2O. The van der Waals surface area contributed by atoms with Gasteiger partial charge in [0, 0.05) is 17.8 Å². The number of amides is 1. The summed E-state index contributed by atoms with van der Waals surface area (Å²) in [5.74, 6) is -0.811. The molecule has 0 heterocycles. The number of benzene rings is 1. The summed E-state index contributed by atoms with van der Waals surface area (Å²) in [5, 5.41) is 2.68. The summed E-state index contributed by atoms with van der Waals surface area (Å²) in [5.41, 5.74) is 5.94. The molecule has 16 heavy (non-hydrogen) atoms. The highest BCUT2D eigenvalue weighted by molar-refractivity contribution is 5.95. The number of carbonyl (C=O) groups is 1. The van der Waals surface area contributed by atoms with E-state index in [9.17, 15) is 9.18 Å². The minimum atomic E-state index is -0.501. The van der Waals surface area contributed by atoms with Gasteiger partial charge >= 0.3 is 0 Å². The second kappa shape index (κ2) is 5.90. The highest BCUT2D eigenvalue weighted by Gasteiger charge is 2.06. The van der Waals surface area contributed by atoms with Gasteiger partial charge in [0.15, 0.2) is 0 Å². The van der Waals surface area contributed by atoms with Crippen molar-refractivity contribution in [3.8, 4) is 0 Å². The van der Waals surface area contributed by atoms with Crippen molar-refractivity contribution < 1.29 is 9.18 Å². The third-order valence-electron chi connectivity index (χ3n) is 2.01. The number of carbonyl (C=O) groups excluding carboxylic acids is 1. The van der Waals surface area contributed by atoms with Crippen LogP contribution < -0.4 is 11.1 Å². The maximum atomic E-state index is 13.0. The Labute approximate surface area is 94.1 Å². The minimum Gasteiger partial charge on any atom is -0.399 e. The first-order valence-electron chi connectivity index (χ1n) is 5.09. The number of hydrogen-bond donors (Lipinski definition) is 2. The summed E-state index contributed by atoms with van der Waals surface area (Å²) in [6.45, 7) is 2.44. The summed E-state index contributed by atoms with van der Waals surface area (Å²) in [7, 11) is 0. The Morgan fingerprint density at radius 2 is 2.25 bits per heavy atom. The third-order valence-corrected chi connectivity index (χ3v) is 2.01. The quantitative estimate of drug-likeness (QED) is 0.465. The predicted octanol–water partition coefficient (Wildman–Crippen LogP) is 2.10. The van der Waals surface area contributed by atoms with Crippen LogP contribution in [-0.4, -0.2) is 12.5 Å². The van der Waals surface area contributed by atoms with Crippen molar-refractivity contribution in [3.05, 3.63) is 41.7 Å². The van der Waals surface area contributed by atoms with Crippen LogP contribution in [0.15, 0.2) is 30.4 Å². The van der Waals surface area contributed by atoms with Gasteiger partial charge < -0.3 is 11.1 Å². The Balaban J connectivity index is 2.59. The van der Waals surface area contributed by atoms with E-state index in [1.165, 1.54) is 18.2 Å². The van der Waals surface area contributed by atoms with Crippen LogP contribution in [0.25, 0.3) is 0 Å². The number of hydrogen-bond acceptors (Lipinski definition) is 2. The van der Waals surface area contributed by atoms with E-state index in [0.717, 1.165) is 6.42 Å². The predicted molar refractivity (Wildman–Crippen MR) is 62.6 cm³/mol. The standard InChI is InChI=1S/C12H15FN2O/c1-2-3-4-5-15-12(16)9-6-10(13)8-11(14)7-9/h2-3,6-8H,4-5,14H2,1H3,(H,15,16)/b3-2+. The smallest absolute Gasteiger partial charge is 0.251 e. The zero-order chi connectivity index (χ0) is 12.0. The van der Waals surface area contributed by atoms with Crippen molar-refractivity contribution in [2.45, 2.75) is 13.3 Å². The molecule has 0 atom stereocenters. The third kappa shape index (κ3) is 3.73. The molecule has 0 aliphatic rings. The monoisotopic (exact) mass is 222 g/mol. The molecule has 0 bridgehead atoms. The van der Waals surface area contributed by atoms with Gasteiger partial charge in [-0.05, 0) is 31.5 Å². The minimum absolute atomic E-state index is 0.248. The number of nitrogen functional groups attached to an aromatic ring is 1. The average molecular weight is 222 g/mol. The Morgan fingerprint density at radius 1 is 1.50 bits per heavy atom.